The van der Waals surface area contributed by atoms with E-state index in [1.54, 1.807) is 0 Å². The van der Waals surface area contributed by atoms with E-state index >= 15 is 0 Å². The van der Waals surface area contributed by atoms with Gasteiger partial charge in [0.25, 0.3) is 0 Å². The average Bonchev–Trinajstić information content (AvgIpc) is 2.39. The van der Waals surface area contributed by atoms with Gasteiger partial charge in [0.15, 0.2) is 0 Å². The first-order valence-electron chi connectivity index (χ1n) is 6.70. The molecule has 1 aromatic carbocycles. The van der Waals surface area contributed by atoms with Crippen molar-refractivity contribution in [2.45, 2.75) is 26.8 Å². The molecule has 0 bridgehead atoms. The van der Waals surface area contributed by atoms with E-state index in [1.165, 1.54) is 5.56 Å². The van der Waals surface area contributed by atoms with Crippen molar-refractivity contribution in [2.75, 3.05) is 17.2 Å². The van der Waals surface area contributed by atoms with Crippen molar-refractivity contribution in [3.63, 3.8) is 0 Å². The summed E-state index contributed by atoms with van der Waals surface area (Å²) in [4.78, 5) is 8.81. The Labute approximate surface area is 128 Å². The lowest BCUT2D eigenvalue weighted by atomic mass is 10.1. The first kappa shape index (κ1) is 14.8. The van der Waals surface area contributed by atoms with E-state index in [4.69, 9.17) is 0 Å². The fourth-order valence-corrected chi connectivity index (χ4v) is 2.20. The van der Waals surface area contributed by atoms with Crippen molar-refractivity contribution < 1.29 is 0 Å². The molecule has 1 atom stereocenters. The maximum Gasteiger partial charge on any atom is 0.224 e. The fraction of sp³-hybridized carbons (Fsp3) is 0.333. The lowest BCUT2D eigenvalue weighted by molar-refractivity contribution is 0.869. The minimum absolute atomic E-state index is 0.187. The molecule has 0 radical (unpaired) electrons. The third-order valence-corrected chi connectivity index (χ3v) is 3.45. The van der Waals surface area contributed by atoms with Gasteiger partial charge in [-0.2, -0.15) is 4.98 Å². The lowest BCUT2D eigenvalue weighted by Crippen LogP contribution is -2.10. The van der Waals surface area contributed by atoms with Gasteiger partial charge in [-0.05, 0) is 38.5 Å². The molecule has 2 rings (SSSR count). The third-order valence-electron chi connectivity index (χ3n) is 2.92. The zero-order valence-corrected chi connectivity index (χ0v) is 13.5. The summed E-state index contributed by atoms with van der Waals surface area (Å²) in [6, 6.07) is 10.4. The van der Waals surface area contributed by atoms with Gasteiger partial charge in [-0.3, -0.25) is 0 Å². The number of hydrogen-bond acceptors (Lipinski definition) is 4. The largest absolute Gasteiger partial charge is 0.363 e. The zero-order chi connectivity index (χ0) is 14.5. The molecule has 0 aliphatic carbocycles. The second kappa shape index (κ2) is 6.70. The monoisotopic (exact) mass is 334 g/mol. The fourth-order valence-electron chi connectivity index (χ4n) is 1.94. The normalized spacial score (nSPS) is 12.0. The van der Waals surface area contributed by atoms with Crippen molar-refractivity contribution in [1.29, 1.82) is 0 Å². The van der Waals surface area contributed by atoms with Gasteiger partial charge in [0.1, 0.15) is 5.82 Å². The van der Waals surface area contributed by atoms with Crippen LogP contribution in [0.4, 0.5) is 11.8 Å². The number of hydrogen-bond donors (Lipinski definition) is 2. The standard InChI is InChI=1S/C15H19BrN4/c1-4-17-15-18-10(2)9-14(20-15)19-11(3)12-5-7-13(16)8-6-12/h5-9,11H,4H2,1-3H3,(H2,17,18,19,20). The van der Waals surface area contributed by atoms with Crippen LogP contribution in [0.3, 0.4) is 0 Å². The van der Waals surface area contributed by atoms with E-state index in [9.17, 15) is 0 Å². The van der Waals surface area contributed by atoms with Gasteiger partial charge in [-0.15, -0.1) is 0 Å². The van der Waals surface area contributed by atoms with Gasteiger partial charge in [0.05, 0.1) is 0 Å². The summed E-state index contributed by atoms with van der Waals surface area (Å²) in [6.45, 7) is 6.93. The molecule has 0 saturated carbocycles. The van der Waals surface area contributed by atoms with Crippen LogP contribution in [-0.4, -0.2) is 16.5 Å². The molecule has 4 nitrogen and oxygen atoms in total. The molecule has 20 heavy (non-hydrogen) atoms. The molecular weight excluding hydrogens is 316 g/mol. The van der Waals surface area contributed by atoms with Crippen molar-refractivity contribution in [1.82, 2.24) is 9.97 Å². The van der Waals surface area contributed by atoms with Crippen LogP contribution in [0, 0.1) is 6.92 Å². The number of aromatic nitrogens is 2. The lowest BCUT2D eigenvalue weighted by Gasteiger charge is -2.16. The summed E-state index contributed by atoms with van der Waals surface area (Å²) in [5, 5.41) is 6.55. The Morgan fingerprint density at radius 1 is 1.20 bits per heavy atom. The molecule has 1 unspecified atom stereocenters. The van der Waals surface area contributed by atoms with Gasteiger partial charge in [-0.1, -0.05) is 28.1 Å². The molecule has 0 spiro atoms. The van der Waals surface area contributed by atoms with Gasteiger partial charge >= 0.3 is 0 Å². The average molecular weight is 335 g/mol. The maximum absolute atomic E-state index is 4.46. The number of aryl methyl sites for hydroxylation is 1. The van der Waals surface area contributed by atoms with E-state index in [1.807, 2.05) is 32.0 Å². The second-order valence-electron chi connectivity index (χ2n) is 4.67. The second-order valence-corrected chi connectivity index (χ2v) is 5.58. The van der Waals surface area contributed by atoms with E-state index < -0.39 is 0 Å². The summed E-state index contributed by atoms with van der Waals surface area (Å²) in [7, 11) is 0. The van der Waals surface area contributed by atoms with Gasteiger partial charge in [0.2, 0.25) is 5.95 Å². The first-order chi connectivity index (χ1) is 9.58. The van der Waals surface area contributed by atoms with Crippen molar-refractivity contribution in [3.8, 4) is 0 Å². The van der Waals surface area contributed by atoms with E-state index in [2.05, 4.69) is 55.6 Å². The van der Waals surface area contributed by atoms with Crippen LogP contribution in [0.25, 0.3) is 0 Å². The molecule has 106 valence electrons. The number of anilines is 2. The Bertz CT molecular complexity index is 569. The quantitative estimate of drug-likeness (QED) is 0.862. The Kier molecular flexibility index (Phi) is 4.95. The number of nitrogens with one attached hydrogen (secondary N) is 2. The number of benzene rings is 1. The van der Waals surface area contributed by atoms with Crippen LogP contribution >= 0.6 is 15.9 Å². The highest BCUT2D eigenvalue weighted by Gasteiger charge is 2.07. The van der Waals surface area contributed by atoms with Gasteiger partial charge in [0, 0.05) is 28.8 Å². The minimum Gasteiger partial charge on any atom is -0.363 e. The Morgan fingerprint density at radius 2 is 1.90 bits per heavy atom. The van der Waals surface area contributed by atoms with Gasteiger partial charge < -0.3 is 10.6 Å². The summed E-state index contributed by atoms with van der Waals surface area (Å²) < 4.78 is 1.08. The molecule has 0 aliphatic heterocycles. The SMILES string of the molecule is CCNc1nc(C)cc(NC(C)c2ccc(Br)cc2)n1. The topological polar surface area (TPSA) is 49.8 Å². The van der Waals surface area contributed by atoms with E-state index in [-0.39, 0.29) is 6.04 Å². The summed E-state index contributed by atoms with van der Waals surface area (Å²) in [5.74, 6) is 1.50. The van der Waals surface area contributed by atoms with E-state index in [0.29, 0.717) is 5.95 Å². The van der Waals surface area contributed by atoms with Crippen molar-refractivity contribution >= 4 is 27.7 Å². The summed E-state index contributed by atoms with van der Waals surface area (Å²) in [5.41, 5.74) is 2.16. The highest BCUT2D eigenvalue weighted by atomic mass is 79.9. The Hall–Kier alpha value is -1.62. The molecule has 1 aromatic heterocycles. The summed E-state index contributed by atoms with van der Waals surface area (Å²) in [6.07, 6.45) is 0. The van der Waals surface area contributed by atoms with Crippen LogP contribution in [0.15, 0.2) is 34.8 Å². The van der Waals surface area contributed by atoms with Crippen LogP contribution in [0.1, 0.15) is 31.1 Å². The molecule has 2 N–H and O–H groups in total. The first-order valence-corrected chi connectivity index (χ1v) is 7.49. The molecular formula is C15H19BrN4. The highest BCUT2D eigenvalue weighted by molar-refractivity contribution is 9.10. The Balaban J connectivity index is 2.14. The number of rotatable bonds is 5. The smallest absolute Gasteiger partial charge is 0.224 e. The predicted molar refractivity (Wildman–Crippen MR) is 87.1 cm³/mol. The molecule has 2 aromatic rings. The Morgan fingerprint density at radius 3 is 2.55 bits per heavy atom. The molecule has 0 amide bonds. The van der Waals surface area contributed by atoms with Crippen molar-refractivity contribution in [3.05, 3.63) is 46.1 Å². The highest BCUT2D eigenvalue weighted by Crippen LogP contribution is 2.21. The van der Waals surface area contributed by atoms with Crippen LogP contribution in [0.5, 0.6) is 0 Å². The number of nitrogens with zero attached hydrogens (tertiary/aromatic N) is 2. The predicted octanol–water partition coefficient (Wildman–Crippen LogP) is 4.15. The zero-order valence-electron chi connectivity index (χ0n) is 11.9. The van der Waals surface area contributed by atoms with E-state index in [0.717, 1.165) is 22.5 Å². The van der Waals surface area contributed by atoms with Crippen LogP contribution in [-0.2, 0) is 0 Å². The van der Waals surface area contributed by atoms with Crippen LogP contribution < -0.4 is 10.6 Å². The third kappa shape index (κ3) is 3.93. The minimum atomic E-state index is 0.187. The molecule has 0 fully saturated rings. The molecule has 0 aliphatic rings. The molecule has 1 heterocycles. The summed E-state index contributed by atoms with van der Waals surface area (Å²) >= 11 is 3.45. The van der Waals surface area contributed by atoms with Crippen LogP contribution in [0.2, 0.25) is 0 Å². The van der Waals surface area contributed by atoms with Gasteiger partial charge in [-0.25, -0.2) is 4.98 Å². The molecule has 5 heteroatoms. The molecule has 0 saturated heterocycles. The van der Waals surface area contributed by atoms with Crippen molar-refractivity contribution in [2.24, 2.45) is 0 Å². The maximum atomic E-state index is 4.46. The number of halogens is 1.